The predicted molar refractivity (Wildman–Crippen MR) is 98.4 cm³/mol. The first-order chi connectivity index (χ1) is 11.5. The highest BCUT2D eigenvalue weighted by Crippen LogP contribution is 2.26. The van der Waals surface area contributed by atoms with Crippen molar-refractivity contribution in [1.29, 1.82) is 0 Å². The van der Waals surface area contributed by atoms with Crippen molar-refractivity contribution < 1.29 is 9.21 Å². The van der Waals surface area contributed by atoms with E-state index in [1.807, 2.05) is 11.9 Å². The number of amides is 1. The fraction of sp³-hybridized carbons (Fsp3) is 0.588. The highest BCUT2D eigenvalue weighted by Gasteiger charge is 2.29. The number of likely N-dealkylation sites (tertiary alicyclic amines) is 1. The summed E-state index contributed by atoms with van der Waals surface area (Å²) in [5.41, 5.74) is 0.360. The van der Waals surface area contributed by atoms with E-state index < -0.39 is 0 Å². The summed E-state index contributed by atoms with van der Waals surface area (Å²) in [5.74, 6) is 0.991. The first-order valence-corrected chi connectivity index (χ1v) is 8.41. The zero-order chi connectivity index (χ0) is 17.3. The van der Waals surface area contributed by atoms with Crippen LogP contribution in [0.3, 0.4) is 0 Å². The van der Waals surface area contributed by atoms with Crippen molar-refractivity contribution in [2.75, 3.05) is 26.7 Å². The molecule has 7 nitrogen and oxygen atoms in total. The quantitative estimate of drug-likeness (QED) is 0.888. The molecule has 0 unspecified atom stereocenters. The lowest BCUT2D eigenvalue weighted by Gasteiger charge is -2.32. The molecule has 1 fully saturated rings. The van der Waals surface area contributed by atoms with E-state index >= 15 is 0 Å². The van der Waals surface area contributed by atoms with Gasteiger partial charge in [0.25, 0.3) is 11.5 Å². The maximum absolute atomic E-state index is 13.0. The average molecular weight is 369 g/mol. The Morgan fingerprint density at radius 3 is 2.72 bits per heavy atom. The van der Waals surface area contributed by atoms with E-state index in [0.29, 0.717) is 22.6 Å². The van der Waals surface area contributed by atoms with Crippen LogP contribution < -0.4 is 10.9 Å². The second-order valence-corrected chi connectivity index (χ2v) is 6.50. The molecule has 3 rings (SSSR count). The van der Waals surface area contributed by atoms with Gasteiger partial charge in [0.05, 0.1) is 5.56 Å². The maximum Gasteiger partial charge on any atom is 0.265 e. The minimum atomic E-state index is -0.246. The van der Waals surface area contributed by atoms with E-state index in [0.717, 1.165) is 38.9 Å². The fourth-order valence-electron chi connectivity index (χ4n) is 3.38. The van der Waals surface area contributed by atoms with Gasteiger partial charge in [-0.05, 0) is 45.7 Å². The van der Waals surface area contributed by atoms with Crippen LogP contribution in [-0.4, -0.2) is 47.0 Å². The third kappa shape index (κ3) is 3.72. The SMILES string of the molecule is CNCCC1CCN(C(=O)c2c(C)oc3ncn(C)c(=O)c23)CC1.Cl. The second kappa shape index (κ2) is 8.01. The number of halogens is 1. The first kappa shape index (κ1) is 19.5. The Bertz CT molecular complexity index is 806. The van der Waals surface area contributed by atoms with Gasteiger partial charge in [0.2, 0.25) is 5.71 Å². The van der Waals surface area contributed by atoms with Crippen LogP contribution in [0.15, 0.2) is 15.5 Å². The van der Waals surface area contributed by atoms with Crippen molar-refractivity contribution in [1.82, 2.24) is 19.8 Å². The van der Waals surface area contributed by atoms with Crippen molar-refractivity contribution in [3.63, 3.8) is 0 Å². The highest BCUT2D eigenvalue weighted by molar-refractivity contribution is 6.06. The molecule has 0 bridgehead atoms. The smallest absolute Gasteiger partial charge is 0.265 e. The van der Waals surface area contributed by atoms with Crippen molar-refractivity contribution >= 4 is 29.4 Å². The normalized spacial score (nSPS) is 15.4. The molecule has 1 aliphatic rings. The molecule has 0 atom stereocenters. The van der Waals surface area contributed by atoms with E-state index in [2.05, 4.69) is 10.3 Å². The molecule has 0 aliphatic carbocycles. The lowest BCUT2D eigenvalue weighted by atomic mass is 9.93. The molecule has 0 saturated carbocycles. The van der Waals surface area contributed by atoms with E-state index in [1.165, 1.54) is 10.9 Å². The molecule has 0 aromatic carbocycles. The zero-order valence-corrected chi connectivity index (χ0v) is 15.7. The number of hydrogen-bond acceptors (Lipinski definition) is 5. The van der Waals surface area contributed by atoms with Crippen LogP contribution in [0.2, 0.25) is 0 Å². The molecule has 3 heterocycles. The molecule has 8 heteroatoms. The molecule has 2 aromatic heterocycles. The fourth-order valence-corrected chi connectivity index (χ4v) is 3.38. The van der Waals surface area contributed by atoms with Crippen molar-refractivity contribution in [3.8, 4) is 0 Å². The molecule has 1 saturated heterocycles. The molecule has 138 valence electrons. The molecule has 2 aromatic rings. The Balaban J connectivity index is 0.00000225. The van der Waals surface area contributed by atoms with E-state index in [1.54, 1.807) is 14.0 Å². The molecule has 1 N–H and O–H groups in total. The van der Waals surface area contributed by atoms with Gasteiger partial charge in [-0.25, -0.2) is 4.98 Å². The summed E-state index contributed by atoms with van der Waals surface area (Å²) in [5, 5.41) is 3.47. The van der Waals surface area contributed by atoms with E-state index in [-0.39, 0.29) is 29.6 Å². The van der Waals surface area contributed by atoms with Gasteiger partial charge in [0.15, 0.2) is 0 Å². The number of carbonyl (C=O) groups is 1. The number of nitrogens with zero attached hydrogens (tertiary/aromatic N) is 3. The standard InChI is InChI=1S/C17H24N4O3.ClH/c1-11-13(14-15(24-11)19-10-20(3)16(14)22)17(23)21-8-5-12(6-9-21)4-7-18-2;/h10,12,18H,4-9H2,1-3H3;1H. The van der Waals surface area contributed by atoms with Crippen LogP contribution in [0.4, 0.5) is 0 Å². The van der Waals surface area contributed by atoms with Crippen LogP contribution >= 0.6 is 12.4 Å². The predicted octanol–water partition coefficient (Wildman–Crippen LogP) is 1.72. The monoisotopic (exact) mass is 368 g/mol. The lowest BCUT2D eigenvalue weighted by molar-refractivity contribution is 0.0687. The summed E-state index contributed by atoms with van der Waals surface area (Å²) in [4.78, 5) is 31.3. The number of rotatable bonds is 4. The lowest BCUT2D eigenvalue weighted by Crippen LogP contribution is -2.39. The van der Waals surface area contributed by atoms with Crippen LogP contribution in [0.1, 0.15) is 35.4 Å². The largest absolute Gasteiger partial charge is 0.442 e. The Labute approximate surface area is 152 Å². The minimum absolute atomic E-state index is 0. The van der Waals surface area contributed by atoms with Crippen LogP contribution in [0.5, 0.6) is 0 Å². The van der Waals surface area contributed by atoms with Crippen molar-refractivity contribution in [2.24, 2.45) is 13.0 Å². The van der Waals surface area contributed by atoms with Crippen molar-refractivity contribution in [3.05, 3.63) is 28.0 Å². The molecule has 0 spiro atoms. The molecular weight excluding hydrogens is 344 g/mol. The first-order valence-electron chi connectivity index (χ1n) is 8.41. The average Bonchev–Trinajstić information content (AvgIpc) is 2.93. The number of aromatic nitrogens is 2. The molecule has 1 amide bonds. The zero-order valence-electron chi connectivity index (χ0n) is 14.9. The van der Waals surface area contributed by atoms with Gasteiger partial charge in [0.1, 0.15) is 17.5 Å². The molecular formula is C17H25ClN4O3. The summed E-state index contributed by atoms with van der Waals surface area (Å²) < 4.78 is 6.91. The van der Waals surface area contributed by atoms with Gasteiger partial charge < -0.3 is 19.2 Å². The Morgan fingerprint density at radius 1 is 1.40 bits per heavy atom. The third-order valence-corrected chi connectivity index (χ3v) is 4.87. The van der Waals surface area contributed by atoms with Crippen LogP contribution in [-0.2, 0) is 7.05 Å². The molecule has 0 radical (unpaired) electrons. The van der Waals surface area contributed by atoms with Crippen LogP contribution in [0.25, 0.3) is 11.1 Å². The van der Waals surface area contributed by atoms with E-state index in [4.69, 9.17) is 4.42 Å². The van der Waals surface area contributed by atoms with E-state index in [9.17, 15) is 9.59 Å². The van der Waals surface area contributed by atoms with Gasteiger partial charge in [-0.1, -0.05) is 0 Å². The molecule has 1 aliphatic heterocycles. The van der Waals surface area contributed by atoms with Gasteiger partial charge in [-0.15, -0.1) is 12.4 Å². The summed E-state index contributed by atoms with van der Waals surface area (Å²) in [6, 6.07) is 0. The number of piperidine rings is 1. The van der Waals surface area contributed by atoms with Gasteiger partial charge >= 0.3 is 0 Å². The Morgan fingerprint density at radius 2 is 2.08 bits per heavy atom. The van der Waals surface area contributed by atoms with Gasteiger partial charge in [-0.2, -0.15) is 0 Å². The topological polar surface area (TPSA) is 80.4 Å². The Kier molecular flexibility index (Phi) is 6.24. The van der Waals surface area contributed by atoms with Gasteiger partial charge in [-0.3, -0.25) is 9.59 Å². The highest BCUT2D eigenvalue weighted by atomic mass is 35.5. The van der Waals surface area contributed by atoms with Crippen molar-refractivity contribution in [2.45, 2.75) is 26.2 Å². The summed E-state index contributed by atoms with van der Waals surface area (Å²) in [6.07, 6.45) is 4.54. The number of fused-ring (bicyclic) bond motifs is 1. The molecule has 25 heavy (non-hydrogen) atoms. The number of furan rings is 1. The third-order valence-electron chi connectivity index (χ3n) is 4.87. The number of nitrogens with one attached hydrogen (secondary N) is 1. The van der Waals surface area contributed by atoms with Gasteiger partial charge in [0, 0.05) is 20.1 Å². The second-order valence-electron chi connectivity index (χ2n) is 6.50. The van der Waals surface area contributed by atoms with Crippen LogP contribution in [0, 0.1) is 12.8 Å². The summed E-state index contributed by atoms with van der Waals surface area (Å²) in [6.45, 7) is 4.17. The number of hydrogen-bond donors (Lipinski definition) is 1. The Hall–Kier alpha value is -1.86. The summed E-state index contributed by atoms with van der Waals surface area (Å²) in [7, 11) is 3.58. The number of carbonyl (C=O) groups excluding carboxylic acids is 1. The minimum Gasteiger partial charge on any atom is -0.442 e. The number of aryl methyl sites for hydroxylation is 2. The maximum atomic E-state index is 13.0. The summed E-state index contributed by atoms with van der Waals surface area (Å²) >= 11 is 0.